The molecule has 0 saturated carbocycles. The van der Waals surface area contributed by atoms with Crippen molar-refractivity contribution in [2.75, 3.05) is 46.2 Å². The maximum absolute atomic E-state index is 15.1. The molecule has 0 bridgehead atoms. The minimum absolute atomic E-state index is 0.0284. The van der Waals surface area contributed by atoms with Gasteiger partial charge in [0, 0.05) is 24.4 Å². The first-order valence-corrected chi connectivity index (χ1v) is 13.6. The zero-order chi connectivity index (χ0) is 31.5. The molecular weight excluding hydrogens is 579 g/mol. The molecule has 1 atom stereocenters. The summed E-state index contributed by atoms with van der Waals surface area (Å²) in [7, 11) is 0. The number of hydrogen-bond donors (Lipinski definition) is 2. The standard InChI is InChI=1S/C30H33F5N2O6/c1-4-42-29(38)20-17(3)37-19(16-41-14-13-40-12-11-36-15-18-9-7-6-8-10-18)21(30(39)43-5-2)22(20)23-24(31)26(33)28(35)27(34)25(23)32/h6-10,22,36-37H,4-5,11-16H2,1-3H3. The Labute approximate surface area is 245 Å². The molecule has 13 heteroatoms. The third-order valence-corrected chi connectivity index (χ3v) is 6.38. The van der Waals surface area contributed by atoms with Crippen LogP contribution in [0.15, 0.2) is 52.9 Å². The van der Waals surface area contributed by atoms with Crippen molar-refractivity contribution in [2.45, 2.75) is 33.2 Å². The van der Waals surface area contributed by atoms with Gasteiger partial charge in [0.25, 0.3) is 0 Å². The molecule has 0 fully saturated rings. The van der Waals surface area contributed by atoms with Crippen LogP contribution in [-0.2, 0) is 35.1 Å². The third-order valence-electron chi connectivity index (χ3n) is 6.38. The number of hydrogen-bond acceptors (Lipinski definition) is 8. The normalized spacial score (nSPS) is 15.0. The van der Waals surface area contributed by atoms with Crippen LogP contribution in [0.3, 0.4) is 0 Å². The first-order valence-electron chi connectivity index (χ1n) is 13.6. The van der Waals surface area contributed by atoms with Crippen molar-refractivity contribution >= 4 is 11.9 Å². The van der Waals surface area contributed by atoms with E-state index in [0.29, 0.717) is 19.7 Å². The Hall–Kier alpha value is -3.81. The SMILES string of the molecule is CCOC(=O)C1=C(C)NC(COCCOCCNCc2ccccc2)=C(C(=O)OCC)C1c1c(F)c(F)c(F)c(F)c1F. The van der Waals surface area contributed by atoms with Gasteiger partial charge in [-0.25, -0.2) is 31.5 Å². The number of allylic oxidation sites excluding steroid dienone is 1. The van der Waals surface area contributed by atoms with Gasteiger partial charge in [-0.1, -0.05) is 30.3 Å². The number of carbonyl (C=O) groups is 2. The van der Waals surface area contributed by atoms with Crippen molar-refractivity contribution < 1.29 is 50.5 Å². The van der Waals surface area contributed by atoms with E-state index >= 15 is 8.78 Å². The predicted molar refractivity (Wildman–Crippen MR) is 145 cm³/mol. The average Bonchev–Trinajstić information content (AvgIpc) is 2.99. The number of ether oxygens (including phenoxy) is 4. The summed E-state index contributed by atoms with van der Waals surface area (Å²) >= 11 is 0. The van der Waals surface area contributed by atoms with Crippen LogP contribution in [0.1, 0.15) is 37.8 Å². The molecule has 1 heterocycles. The van der Waals surface area contributed by atoms with Gasteiger partial charge in [0.1, 0.15) is 0 Å². The lowest BCUT2D eigenvalue weighted by Gasteiger charge is -2.32. The van der Waals surface area contributed by atoms with E-state index in [1.165, 1.54) is 20.8 Å². The minimum Gasteiger partial charge on any atom is -0.463 e. The van der Waals surface area contributed by atoms with Crippen LogP contribution in [-0.4, -0.2) is 58.1 Å². The Balaban J connectivity index is 1.83. The van der Waals surface area contributed by atoms with Gasteiger partial charge in [-0.3, -0.25) is 0 Å². The second-order valence-corrected chi connectivity index (χ2v) is 9.24. The summed E-state index contributed by atoms with van der Waals surface area (Å²) in [6.45, 7) is 5.30. The Morgan fingerprint density at radius 2 is 1.35 bits per heavy atom. The Bertz CT molecular complexity index is 1340. The van der Waals surface area contributed by atoms with E-state index in [1.807, 2.05) is 30.3 Å². The third kappa shape index (κ3) is 8.18. The van der Waals surface area contributed by atoms with Crippen LogP contribution in [0.25, 0.3) is 0 Å². The van der Waals surface area contributed by atoms with Gasteiger partial charge in [0.2, 0.25) is 5.82 Å². The number of nitrogens with one attached hydrogen (secondary N) is 2. The van der Waals surface area contributed by atoms with Crippen molar-refractivity contribution in [1.29, 1.82) is 0 Å². The van der Waals surface area contributed by atoms with Crippen LogP contribution >= 0.6 is 0 Å². The van der Waals surface area contributed by atoms with Gasteiger partial charge < -0.3 is 29.6 Å². The van der Waals surface area contributed by atoms with Gasteiger partial charge in [0.15, 0.2) is 23.3 Å². The Morgan fingerprint density at radius 3 is 1.95 bits per heavy atom. The molecule has 1 aliphatic rings. The highest BCUT2D eigenvalue weighted by Crippen LogP contribution is 2.43. The largest absolute Gasteiger partial charge is 0.463 e. The zero-order valence-electron chi connectivity index (χ0n) is 24.0. The average molecular weight is 613 g/mol. The molecular formula is C30H33F5N2O6. The highest BCUT2D eigenvalue weighted by molar-refractivity contribution is 6.00. The van der Waals surface area contributed by atoms with E-state index in [9.17, 15) is 22.8 Å². The molecule has 0 amide bonds. The number of dihydropyridines is 1. The molecule has 0 radical (unpaired) electrons. The van der Waals surface area contributed by atoms with Crippen molar-refractivity contribution in [3.8, 4) is 0 Å². The summed E-state index contributed by atoms with van der Waals surface area (Å²) in [5.74, 6) is -15.6. The van der Waals surface area contributed by atoms with Crippen molar-refractivity contribution in [3.63, 3.8) is 0 Å². The number of esters is 2. The predicted octanol–water partition coefficient (Wildman–Crippen LogP) is 4.55. The zero-order valence-corrected chi connectivity index (χ0v) is 24.0. The minimum atomic E-state index is -2.38. The molecule has 0 aromatic heterocycles. The monoisotopic (exact) mass is 612 g/mol. The summed E-state index contributed by atoms with van der Waals surface area (Å²) in [5.41, 5.74) is -1.50. The van der Waals surface area contributed by atoms with Crippen molar-refractivity contribution in [1.82, 2.24) is 10.6 Å². The molecule has 2 aromatic rings. The maximum Gasteiger partial charge on any atom is 0.336 e. The number of benzene rings is 2. The molecule has 0 saturated heterocycles. The van der Waals surface area contributed by atoms with Crippen molar-refractivity contribution in [3.05, 3.63) is 93.1 Å². The molecule has 1 unspecified atom stereocenters. The van der Waals surface area contributed by atoms with E-state index < -0.39 is 63.7 Å². The molecule has 2 aromatic carbocycles. The van der Waals surface area contributed by atoms with E-state index in [-0.39, 0.29) is 44.4 Å². The lowest BCUT2D eigenvalue weighted by atomic mass is 9.79. The lowest BCUT2D eigenvalue weighted by molar-refractivity contribution is -0.139. The molecule has 43 heavy (non-hydrogen) atoms. The smallest absolute Gasteiger partial charge is 0.336 e. The molecule has 0 aliphatic carbocycles. The lowest BCUT2D eigenvalue weighted by Crippen LogP contribution is -2.36. The Kier molecular flexibility index (Phi) is 12.7. The first kappa shape index (κ1) is 33.7. The van der Waals surface area contributed by atoms with Gasteiger partial charge in [-0.2, -0.15) is 0 Å². The van der Waals surface area contributed by atoms with Gasteiger partial charge in [0.05, 0.1) is 62.4 Å². The highest BCUT2D eigenvalue weighted by Gasteiger charge is 2.44. The summed E-state index contributed by atoms with van der Waals surface area (Å²) in [4.78, 5) is 26.1. The fraction of sp³-hybridized carbons (Fsp3) is 0.400. The quantitative estimate of drug-likeness (QED) is 0.0996. The number of carbonyl (C=O) groups excluding carboxylic acids is 2. The fourth-order valence-corrected chi connectivity index (χ4v) is 4.47. The number of rotatable bonds is 15. The molecule has 3 rings (SSSR count). The van der Waals surface area contributed by atoms with Gasteiger partial charge in [-0.15, -0.1) is 0 Å². The topological polar surface area (TPSA) is 95.1 Å². The number of halogens is 5. The van der Waals surface area contributed by atoms with Crippen LogP contribution < -0.4 is 10.6 Å². The van der Waals surface area contributed by atoms with Crippen LogP contribution in [0, 0.1) is 29.1 Å². The molecule has 1 aliphatic heterocycles. The van der Waals surface area contributed by atoms with E-state index in [1.54, 1.807) is 0 Å². The summed E-state index contributed by atoms with van der Waals surface area (Å²) in [5, 5.41) is 6.01. The summed E-state index contributed by atoms with van der Waals surface area (Å²) < 4.78 is 93.9. The van der Waals surface area contributed by atoms with Crippen LogP contribution in [0.2, 0.25) is 0 Å². The fourth-order valence-electron chi connectivity index (χ4n) is 4.47. The molecule has 0 spiro atoms. The molecule has 8 nitrogen and oxygen atoms in total. The Morgan fingerprint density at radius 1 is 0.791 bits per heavy atom. The first-order chi connectivity index (χ1) is 20.6. The molecule has 234 valence electrons. The van der Waals surface area contributed by atoms with Gasteiger partial charge in [-0.05, 0) is 26.3 Å². The summed E-state index contributed by atoms with van der Waals surface area (Å²) in [6, 6.07) is 9.79. The van der Waals surface area contributed by atoms with Crippen LogP contribution in [0.4, 0.5) is 22.0 Å². The van der Waals surface area contributed by atoms with Gasteiger partial charge >= 0.3 is 11.9 Å². The second kappa shape index (κ2) is 16.1. The van der Waals surface area contributed by atoms with E-state index in [2.05, 4.69) is 10.6 Å². The highest BCUT2D eigenvalue weighted by atomic mass is 19.2. The van der Waals surface area contributed by atoms with E-state index in [4.69, 9.17) is 18.9 Å². The van der Waals surface area contributed by atoms with E-state index in [0.717, 1.165) is 5.56 Å². The summed E-state index contributed by atoms with van der Waals surface area (Å²) in [6.07, 6.45) is 0. The second-order valence-electron chi connectivity index (χ2n) is 9.24. The van der Waals surface area contributed by atoms with Crippen molar-refractivity contribution in [2.24, 2.45) is 0 Å². The van der Waals surface area contributed by atoms with Crippen LogP contribution in [0.5, 0.6) is 0 Å². The molecule has 2 N–H and O–H groups in total. The maximum atomic E-state index is 15.1.